The maximum atomic E-state index is 4.95. The molecule has 7 nitrogen and oxygen atoms in total. The average molecular weight is 462 g/mol. The number of fused-ring (bicyclic) bond motifs is 2. The standard InChI is InChI=1S/C28H27N7/c1-5-18(17-35(3)4)14-19(6-2)24-15-22-25(16-30-24)33-34-27(22)28-31-23-9-7-8-21(26(23)32-28)20-10-12-29-13-11-20/h5-16H,1,17H2,2-4H3,(H,31,32)(H,33,34)/b18-14+,19-6+. The molecule has 5 aromatic rings. The summed E-state index contributed by atoms with van der Waals surface area (Å²) < 4.78 is 0. The highest BCUT2D eigenvalue weighted by atomic mass is 15.1. The van der Waals surface area contributed by atoms with Gasteiger partial charge in [0.05, 0.1) is 28.4 Å². The van der Waals surface area contributed by atoms with Crippen LogP contribution in [0.1, 0.15) is 12.6 Å². The van der Waals surface area contributed by atoms with Gasteiger partial charge in [-0.25, -0.2) is 4.98 Å². The summed E-state index contributed by atoms with van der Waals surface area (Å²) in [5, 5.41) is 8.64. The second-order valence-electron chi connectivity index (χ2n) is 8.62. The molecular formula is C28H27N7. The van der Waals surface area contributed by atoms with E-state index in [1.54, 1.807) is 12.4 Å². The number of rotatable bonds is 7. The largest absolute Gasteiger partial charge is 0.337 e. The van der Waals surface area contributed by atoms with Gasteiger partial charge >= 0.3 is 0 Å². The van der Waals surface area contributed by atoms with E-state index in [9.17, 15) is 0 Å². The van der Waals surface area contributed by atoms with Crippen LogP contribution in [-0.4, -0.2) is 55.7 Å². The number of pyridine rings is 2. The van der Waals surface area contributed by atoms with Crippen LogP contribution < -0.4 is 0 Å². The number of likely N-dealkylation sites (N-methyl/N-ethyl adjacent to an activating group) is 1. The number of imidazole rings is 1. The van der Waals surface area contributed by atoms with Crippen LogP contribution >= 0.6 is 0 Å². The molecular weight excluding hydrogens is 434 g/mol. The summed E-state index contributed by atoms with van der Waals surface area (Å²) >= 11 is 0. The van der Waals surface area contributed by atoms with E-state index < -0.39 is 0 Å². The van der Waals surface area contributed by atoms with Crippen molar-refractivity contribution in [3.63, 3.8) is 0 Å². The van der Waals surface area contributed by atoms with E-state index in [4.69, 9.17) is 4.98 Å². The molecule has 174 valence electrons. The van der Waals surface area contributed by atoms with Crippen LogP contribution in [0.5, 0.6) is 0 Å². The minimum absolute atomic E-state index is 0.710. The molecule has 35 heavy (non-hydrogen) atoms. The molecule has 5 rings (SSSR count). The lowest BCUT2D eigenvalue weighted by atomic mass is 10.1. The third-order valence-corrected chi connectivity index (χ3v) is 5.88. The first-order valence-corrected chi connectivity index (χ1v) is 11.5. The molecule has 0 aliphatic rings. The van der Waals surface area contributed by atoms with Crippen LogP contribution in [0.15, 0.2) is 85.4 Å². The van der Waals surface area contributed by atoms with Crippen molar-refractivity contribution in [2.45, 2.75) is 6.92 Å². The Kier molecular flexibility index (Phi) is 6.08. The SMILES string of the molecule is C=C/C(=C\C(=C/C)c1cc2c(-c3nc4c(-c5ccncc5)cccc4[nH]3)n[nH]c2cn1)CN(C)C. The van der Waals surface area contributed by atoms with Gasteiger partial charge in [0, 0.05) is 29.9 Å². The molecule has 0 saturated carbocycles. The zero-order valence-corrected chi connectivity index (χ0v) is 20.1. The number of hydrogen-bond donors (Lipinski definition) is 2. The molecule has 0 spiro atoms. The molecule has 2 N–H and O–H groups in total. The second kappa shape index (κ2) is 9.48. The van der Waals surface area contributed by atoms with Crippen LogP contribution in [0.25, 0.3) is 50.2 Å². The van der Waals surface area contributed by atoms with Crippen LogP contribution in [0.4, 0.5) is 0 Å². The first-order chi connectivity index (χ1) is 17.1. The summed E-state index contributed by atoms with van der Waals surface area (Å²) in [5.74, 6) is 0.710. The van der Waals surface area contributed by atoms with Gasteiger partial charge in [-0.1, -0.05) is 30.9 Å². The molecule has 0 aliphatic heterocycles. The van der Waals surface area contributed by atoms with Gasteiger partial charge in [-0.05, 0) is 68.1 Å². The number of nitrogens with one attached hydrogen (secondary N) is 2. The smallest absolute Gasteiger partial charge is 0.159 e. The maximum absolute atomic E-state index is 4.95. The molecule has 0 atom stereocenters. The summed E-state index contributed by atoms with van der Waals surface area (Å²) in [6.07, 6.45) is 11.5. The highest BCUT2D eigenvalue weighted by Gasteiger charge is 2.16. The molecule has 1 aromatic carbocycles. The molecule has 0 aliphatic carbocycles. The molecule has 7 heteroatoms. The van der Waals surface area contributed by atoms with Gasteiger partial charge in [0.2, 0.25) is 0 Å². The molecule has 0 unspecified atom stereocenters. The predicted molar refractivity (Wildman–Crippen MR) is 143 cm³/mol. The van der Waals surface area contributed by atoms with Gasteiger partial charge < -0.3 is 9.88 Å². The number of allylic oxidation sites excluding steroid dienone is 3. The Morgan fingerprint density at radius 1 is 1.11 bits per heavy atom. The van der Waals surface area contributed by atoms with Crippen LogP contribution in [0, 0.1) is 0 Å². The van der Waals surface area contributed by atoms with E-state index in [1.807, 2.05) is 57.6 Å². The lowest BCUT2D eigenvalue weighted by Crippen LogP contribution is -2.14. The quantitative estimate of drug-likeness (QED) is 0.306. The number of nitrogens with zero attached hydrogens (tertiary/aromatic N) is 5. The Bertz CT molecular complexity index is 1570. The first kappa shape index (κ1) is 22.4. The molecule has 0 radical (unpaired) electrons. The van der Waals surface area contributed by atoms with Crippen molar-refractivity contribution in [1.29, 1.82) is 0 Å². The maximum Gasteiger partial charge on any atom is 0.159 e. The third kappa shape index (κ3) is 4.41. The van der Waals surface area contributed by atoms with Gasteiger partial charge in [-0.15, -0.1) is 0 Å². The molecule has 4 heterocycles. The Balaban J connectivity index is 1.59. The zero-order valence-electron chi connectivity index (χ0n) is 20.1. The summed E-state index contributed by atoms with van der Waals surface area (Å²) in [4.78, 5) is 19.3. The van der Waals surface area contributed by atoms with E-state index in [2.05, 4.69) is 60.9 Å². The second-order valence-corrected chi connectivity index (χ2v) is 8.62. The summed E-state index contributed by atoms with van der Waals surface area (Å²) in [6.45, 7) is 6.79. The van der Waals surface area contributed by atoms with Crippen molar-refractivity contribution in [2.75, 3.05) is 20.6 Å². The van der Waals surface area contributed by atoms with Crippen molar-refractivity contribution < 1.29 is 0 Å². The Hall–Kier alpha value is -4.36. The van der Waals surface area contributed by atoms with E-state index in [0.717, 1.165) is 62.1 Å². The van der Waals surface area contributed by atoms with Gasteiger partial charge in [-0.3, -0.25) is 15.1 Å². The molecule has 0 fully saturated rings. The van der Waals surface area contributed by atoms with E-state index in [0.29, 0.717) is 5.82 Å². The summed E-state index contributed by atoms with van der Waals surface area (Å²) in [5.41, 5.74) is 8.61. The zero-order chi connectivity index (χ0) is 24.4. The Labute approximate surface area is 204 Å². The highest BCUT2D eigenvalue weighted by molar-refractivity contribution is 5.97. The number of aromatic amines is 2. The van der Waals surface area contributed by atoms with E-state index in [-0.39, 0.29) is 0 Å². The van der Waals surface area contributed by atoms with E-state index >= 15 is 0 Å². The van der Waals surface area contributed by atoms with Crippen molar-refractivity contribution in [3.8, 4) is 22.6 Å². The van der Waals surface area contributed by atoms with E-state index in [1.165, 1.54) is 0 Å². The molecule has 4 aromatic heterocycles. The van der Waals surface area contributed by atoms with Crippen molar-refractivity contribution in [1.82, 2.24) is 35.0 Å². The fraction of sp³-hybridized carbons (Fsp3) is 0.143. The first-order valence-electron chi connectivity index (χ1n) is 11.5. The summed E-state index contributed by atoms with van der Waals surface area (Å²) in [6, 6.07) is 12.2. The van der Waals surface area contributed by atoms with Gasteiger partial charge in [0.25, 0.3) is 0 Å². The van der Waals surface area contributed by atoms with Crippen molar-refractivity contribution >= 4 is 27.5 Å². The number of aromatic nitrogens is 6. The fourth-order valence-corrected chi connectivity index (χ4v) is 4.20. The topological polar surface area (TPSA) is 86.4 Å². The minimum atomic E-state index is 0.710. The Morgan fingerprint density at radius 2 is 1.94 bits per heavy atom. The Morgan fingerprint density at radius 3 is 2.69 bits per heavy atom. The number of hydrogen-bond acceptors (Lipinski definition) is 5. The predicted octanol–water partition coefficient (Wildman–Crippen LogP) is 5.64. The van der Waals surface area contributed by atoms with Crippen molar-refractivity contribution in [3.05, 3.63) is 91.1 Å². The van der Waals surface area contributed by atoms with Crippen LogP contribution in [0.3, 0.4) is 0 Å². The average Bonchev–Trinajstić information content (AvgIpc) is 3.50. The van der Waals surface area contributed by atoms with Crippen LogP contribution in [0.2, 0.25) is 0 Å². The monoisotopic (exact) mass is 461 g/mol. The molecule has 0 bridgehead atoms. The number of H-pyrrole nitrogens is 2. The lowest BCUT2D eigenvalue weighted by Gasteiger charge is -2.11. The highest BCUT2D eigenvalue weighted by Crippen LogP contribution is 2.32. The van der Waals surface area contributed by atoms with Crippen molar-refractivity contribution in [2.24, 2.45) is 0 Å². The molecule has 0 saturated heterocycles. The minimum Gasteiger partial charge on any atom is -0.337 e. The summed E-state index contributed by atoms with van der Waals surface area (Å²) in [7, 11) is 4.09. The van der Waals surface area contributed by atoms with Gasteiger partial charge in [0.15, 0.2) is 5.82 Å². The van der Waals surface area contributed by atoms with Gasteiger partial charge in [0.1, 0.15) is 5.69 Å². The number of para-hydroxylation sites is 1. The number of benzene rings is 1. The molecule has 0 amide bonds. The fourth-order valence-electron chi connectivity index (χ4n) is 4.20. The van der Waals surface area contributed by atoms with Crippen LogP contribution in [-0.2, 0) is 0 Å². The van der Waals surface area contributed by atoms with Gasteiger partial charge in [-0.2, -0.15) is 5.10 Å². The normalized spacial score (nSPS) is 12.7. The lowest BCUT2D eigenvalue weighted by molar-refractivity contribution is 0.449. The third-order valence-electron chi connectivity index (χ3n) is 5.88.